The average molecular weight is 282 g/mol. The molecule has 4 heteroatoms. The Labute approximate surface area is 119 Å². The largest absolute Gasteiger partial charge is 0.376 e. The molecule has 104 valence electrons. The fraction of sp³-hybridized carbons (Fsp3) is 0.533. The third-order valence-electron chi connectivity index (χ3n) is 3.41. The van der Waals surface area contributed by atoms with Crippen LogP contribution >= 0.6 is 11.6 Å². The SMILES string of the molecule is O=C(NCCOC1CCCC1)c1ccc(CCl)cc1. The van der Waals surface area contributed by atoms with Crippen molar-refractivity contribution >= 4 is 17.5 Å². The minimum absolute atomic E-state index is 0.0591. The third-order valence-corrected chi connectivity index (χ3v) is 3.72. The molecule has 19 heavy (non-hydrogen) atoms. The lowest BCUT2D eigenvalue weighted by Gasteiger charge is -2.11. The molecule has 0 bridgehead atoms. The number of carbonyl (C=O) groups is 1. The van der Waals surface area contributed by atoms with E-state index in [1.807, 2.05) is 12.1 Å². The highest BCUT2D eigenvalue weighted by atomic mass is 35.5. The lowest BCUT2D eigenvalue weighted by Crippen LogP contribution is -2.28. The van der Waals surface area contributed by atoms with Gasteiger partial charge in [-0.1, -0.05) is 25.0 Å². The Morgan fingerprint density at radius 2 is 1.95 bits per heavy atom. The molecular weight excluding hydrogens is 262 g/mol. The first-order valence-electron chi connectivity index (χ1n) is 6.84. The van der Waals surface area contributed by atoms with Crippen molar-refractivity contribution in [2.75, 3.05) is 13.2 Å². The quantitative estimate of drug-likeness (QED) is 0.643. The molecule has 0 aromatic heterocycles. The lowest BCUT2D eigenvalue weighted by atomic mass is 10.1. The minimum Gasteiger partial charge on any atom is -0.376 e. The van der Waals surface area contributed by atoms with E-state index in [9.17, 15) is 4.79 Å². The van der Waals surface area contributed by atoms with E-state index in [1.165, 1.54) is 12.8 Å². The van der Waals surface area contributed by atoms with Gasteiger partial charge in [-0.3, -0.25) is 4.79 Å². The highest BCUT2D eigenvalue weighted by Gasteiger charge is 2.14. The highest BCUT2D eigenvalue weighted by molar-refractivity contribution is 6.17. The fourth-order valence-corrected chi connectivity index (χ4v) is 2.47. The zero-order valence-electron chi connectivity index (χ0n) is 11.0. The molecule has 0 radical (unpaired) electrons. The van der Waals surface area contributed by atoms with E-state index in [0.29, 0.717) is 30.7 Å². The number of ether oxygens (including phenoxy) is 1. The number of benzene rings is 1. The van der Waals surface area contributed by atoms with Crippen LogP contribution in [0.15, 0.2) is 24.3 Å². The van der Waals surface area contributed by atoms with Crippen molar-refractivity contribution in [1.82, 2.24) is 5.32 Å². The molecular formula is C15H20ClNO2. The van der Waals surface area contributed by atoms with Gasteiger partial charge in [0.1, 0.15) is 0 Å². The van der Waals surface area contributed by atoms with Crippen LogP contribution in [0.3, 0.4) is 0 Å². The average Bonchev–Trinajstić information content (AvgIpc) is 2.96. The van der Waals surface area contributed by atoms with Crippen molar-refractivity contribution in [1.29, 1.82) is 0 Å². The summed E-state index contributed by atoms with van der Waals surface area (Å²) in [6, 6.07) is 7.34. The van der Waals surface area contributed by atoms with Gasteiger partial charge < -0.3 is 10.1 Å². The summed E-state index contributed by atoms with van der Waals surface area (Å²) in [6.45, 7) is 1.16. The summed E-state index contributed by atoms with van der Waals surface area (Å²) >= 11 is 5.71. The molecule has 1 aliphatic rings. The molecule has 1 aromatic rings. The topological polar surface area (TPSA) is 38.3 Å². The molecule has 1 aromatic carbocycles. The summed E-state index contributed by atoms with van der Waals surface area (Å²) in [6.07, 6.45) is 5.26. The molecule has 1 fully saturated rings. The first-order valence-corrected chi connectivity index (χ1v) is 7.38. The normalized spacial score (nSPS) is 15.6. The predicted octanol–water partition coefficient (Wildman–Crippen LogP) is 3.11. The van der Waals surface area contributed by atoms with Gasteiger partial charge in [-0.05, 0) is 30.5 Å². The van der Waals surface area contributed by atoms with Gasteiger partial charge >= 0.3 is 0 Å². The molecule has 0 saturated heterocycles. The molecule has 0 unspecified atom stereocenters. The van der Waals surface area contributed by atoms with Crippen LogP contribution in [0.4, 0.5) is 0 Å². The zero-order valence-corrected chi connectivity index (χ0v) is 11.8. The van der Waals surface area contributed by atoms with Crippen LogP contribution in [-0.2, 0) is 10.6 Å². The first kappa shape index (κ1) is 14.4. The van der Waals surface area contributed by atoms with Crippen molar-refractivity contribution in [2.24, 2.45) is 0 Å². The lowest BCUT2D eigenvalue weighted by molar-refractivity contribution is 0.0582. The first-order chi connectivity index (χ1) is 9.29. The summed E-state index contributed by atoms with van der Waals surface area (Å²) in [5.74, 6) is 0.410. The number of hydrogen-bond donors (Lipinski definition) is 1. The standard InChI is InChI=1S/C15H20ClNO2/c16-11-12-5-7-13(8-6-12)15(18)17-9-10-19-14-3-1-2-4-14/h5-8,14H,1-4,9-11H2,(H,17,18). The summed E-state index contributed by atoms with van der Waals surface area (Å²) in [5, 5.41) is 2.86. The van der Waals surface area contributed by atoms with E-state index in [-0.39, 0.29) is 5.91 Å². The Bertz CT molecular complexity index is 399. The van der Waals surface area contributed by atoms with Crippen molar-refractivity contribution in [3.05, 3.63) is 35.4 Å². The van der Waals surface area contributed by atoms with Gasteiger partial charge in [0.2, 0.25) is 0 Å². The van der Waals surface area contributed by atoms with E-state index >= 15 is 0 Å². The van der Waals surface area contributed by atoms with Crippen LogP contribution < -0.4 is 5.32 Å². The zero-order chi connectivity index (χ0) is 13.5. The van der Waals surface area contributed by atoms with Gasteiger partial charge in [0.25, 0.3) is 5.91 Å². The number of carbonyl (C=O) groups excluding carboxylic acids is 1. The maximum atomic E-state index is 11.8. The Morgan fingerprint density at radius 3 is 2.58 bits per heavy atom. The van der Waals surface area contributed by atoms with E-state index in [1.54, 1.807) is 12.1 Å². The highest BCUT2D eigenvalue weighted by Crippen LogP contribution is 2.20. The number of amides is 1. The van der Waals surface area contributed by atoms with Crippen LogP contribution in [0, 0.1) is 0 Å². The van der Waals surface area contributed by atoms with Gasteiger partial charge in [0.15, 0.2) is 0 Å². The van der Waals surface area contributed by atoms with E-state index < -0.39 is 0 Å². The molecule has 0 atom stereocenters. The van der Waals surface area contributed by atoms with Gasteiger partial charge in [-0.25, -0.2) is 0 Å². The minimum atomic E-state index is -0.0591. The molecule has 1 amide bonds. The Balaban J connectivity index is 1.68. The second kappa shape index (κ2) is 7.51. The van der Waals surface area contributed by atoms with E-state index in [4.69, 9.17) is 16.3 Å². The summed E-state index contributed by atoms with van der Waals surface area (Å²) < 4.78 is 5.69. The summed E-state index contributed by atoms with van der Waals surface area (Å²) in [7, 11) is 0. The number of alkyl halides is 1. The van der Waals surface area contributed by atoms with Crippen molar-refractivity contribution in [3.63, 3.8) is 0 Å². The molecule has 1 N–H and O–H groups in total. The second-order valence-electron chi connectivity index (χ2n) is 4.86. The molecule has 3 nitrogen and oxygen atoms in total. The summed E-state index contributed by atoms with van der Waals surface area (Å²) in [5.41, 5.74) is 1.68. The molecule has 1 aliphatic carbocycles. The van der Waals surface area contributed by atoms with Crippen LogP contribution in [-0.4, -0.2) is 25.2 Å². The number of halogens is 1. The Morgan fingerprint density at radius 1 is 1.26 bits per heavy atom. The monoisotopic (exact) mass is 281 g/mol. The van der Waals surface area contributed by atoms with E-state index in [2.05, 4.69) is 5.32 Å². The van der Waals surface area contributed by atoms with Crippen LogP contribution in [0.2, 0.25) is 0 Å². The van der Waals surface area contributed by atoms with Crippen LogP contribution in [0.25, 0.3) is 0 Å². The fourth-order valence-electron chi connectivity index (χ4n) is 2.29. The second-order valence-corrected chi connectivity index (χ2v) is 5.13. The maximum absolute atomic E-state index is 11.8. The molecule has 0 aliphatic heterocycles. The number of hydrogen-bond acceptors (Lipinski definition) is 2. The molecule has 2 rings (SSSR count). The van der Waals surface area contributed by atoms with Gasteiger partial charge in [-0.2, -0.15) is 0 Å². The predicted molar refractivity (Wildman–Crippen MR) is 76.5 cm³/mol. The Kier molecular flexibility index (Phi) is 5.67. The smallest absolute Gasteiger partial charge is 0.251 e. The maximum Gasteiger partial charge on any atom is 0.251 e. The van der Waals surface area contributed by atoms with Crippen molar-refractivity contribution in [2.45, 2.75) is 37.7 Å². The van der Waals surface area contributed by atoms with Gasteiger partial charge in [-0.15, -0.1) is 11.6 Å². The van der Waals surface area contributed by atoms with E-state index in [0.717, 1.165) is 18.4 Å². The molecule has 1 saturated carbocycles. The van der Waals surface area contributed by atoms with Crippen LogP contribution in [0.1, 0.15) is 41.6 Å². The van der Waals surface area contributed by atoms with Crippen LogP contribution in [0.5, 0.6) is 0 Å². The molecule has 0 spiro atoms. The Hall–Kier alpha value is -1.06. The van der Waals surface area contributed by atoms with Crippen molar-refractivity contribution < 1.29 is 9.53 Å². The summed E-state index contributed by atoms with van der Waals surface area (Å²) in [4.78, 5) is 11.8. The third kappa shape index (κ3) is 4.51. The molecule has 0 heterocycles. The number of rotatable bonds is 6. The van der Waals surface area contributed by atoms with Gasteiger partial charge in [0.05, 0.1) is 12.7 Å². The van der Waals surface area contributed by atoms with Gasteiger partial charge in [0, 0.05) is 18.0 Å². The van der Waals surface area contributed by atoms with Crippen molar-refractivity contribution in [3.8, 4) is 0 Å². The number of nitrogens with one attached hydrogen (secondary N) is 1.